The van der Waals surface area contributed by atoms with E-state index < -0.39 is 17.2 Å². The lowest BCUT2D eigenvalue weighted by Crippen LogP contribution is -2.21. The molecule has 5 aromatic rings. The number of halogens is 1. The van der Waals surface area contributed by atoms with Gasteiger partial charge in [-0.1, -0.05) is 18.2 Å². The Kier molecular flexibility index (Phi) is 6.31. The van der Waals surface area contributed by atoms with E-state index in [1.165, 1.54) is 7.11 Å². The monoisotopic (exact) mass is 576 g/mol. The molecule has 3 aromatic carbocycles. The summed E-state index contributed by atoms with van der Waals surface area (Å²) >= 11 is 3.46. The molecule has 7 nitrogen and oxygen atoms in total. The van der Waals surface area contributed by atoms with Gasteiger partial charge in [-0.25, -0.2) is 9.59 Å². The number of methoxy groups -OCH3 is 1. The Morgan fingerprint density at radius 1 is 0.763 bits per heavy atom. The molecule has 0 radical (unpaired) electrons. The van der Waals surface area contributed by atoms with Crippen LogP contribution >= 0.6 is 15.9 Å². The van der Waals surface area contributed by atoms with Crippen LogP contribution in [0.1, 0.15) is 44.9 Å². The van der Waals surface area contributed by atoms with Crippen LogP contribution < -0.4 is 16.0 Å². The molecule has 0 unspecified atom stereocenters. The van der Waals surface area contributed by atoms with Crippen LogP contribution in [0.4, 0.5) is 0 Å². The zero-order valence-corrected chi connectivity index (χ0v) is 23.0. The zero-order valence-electron chi connectivity index (χ0n) is 21.4. The Labute approximate surface area is 226 Å². The first-order valence-corrected chi connectivity index (χ1v) is 12.7. The Bertz CT molecular complexity index is 1770. The van der Waals surface area contributed by atoms with E-state index in [0.29, 0.717) is 37.7 Å². The average molecular weight is 577 g/mol. The molecule has 0 aliphatic heterocycles. The van der Waals surface area contributed by atoms with Gasteiger partial charge in [-0.15, -0.1) is 0 Å². The molecule has 2 N–H and O–H groups in total. The molecule has 0 saturated heterocycles. The lowest BCUT2D eigenvalue weighted by Gasteiger charge is -2.21. The minimum absolute atomic E-state index is 0.189. The molecule has 0 aliphatic rings. The molecule has 2 aromatic heterocycles. The van der Waals surface area contributed by atoms with Crippen LogP contribution in [-0.4, -0.2) is 17.3 Å². The van der Waals surface area contributed by atoms with Crippen molar-refractivity contribution >= 4 is 37.9 Å². The van der Waals surface area contributed by atoms with Gasteiger partial charge in [-0.3, -0.25) is 0 Å². The predicted octanol–water partition coefficient (Wildman–Crippen LogP) is 6.50. The summed E-state index contributed by atoms with van der Waals surface area (Å²) in [5.41, 5.74) is 1.95. The predicted molar refractivity (Wildman–Crippen MR) is 149 cm³/mol. The number of hydrogen-bond acceptors (Lipinski definition) is 7. The van der Waals surface area contributed by atoms with Gasteiger partial charge in [0.15, 0.2) is 0 Å². The summed E-state index contributed by atoms with van der Waals surface area (Å²) < 4.78 is 17.3. The molecule has 8 heteroatoms. The number of aromatic hydroxyl groups is 2. The van der Waals surface area contributed by atoms with E-state index in [1.807, 2.05) is 26.0 Å². The van der Waals surface area contributed by atoms with Gasteiger partial charge in [0.1, 0.15) is 28.4 Å². The lowest BCUT2D eigenvalue weighted by atomic mass is 9.84. The average Bonchev–Trinajstić information content (AvgIpc) is 2.84. The standard InChI is InChI=1S/C30H25BrO7/c1-13-8-15(3)27-18(10-13)25(32)23(29(34)37-27)22(17-6-7-21(36-5)20(31)12-17)24-26(33)19-11-14(2)9-16(4)28(19)38-30(24)35/h6-12,22,32-33H,1-5H3. The maximum Gasteiger partial charge on any atom is 0.344 e. The first kappa shape index (κ1) is 25.6. The Hall–Kier alpha value is -4.04. The van der Waals surface area contributed by atoms with Gasteiger partial charge in [0.05, 0.1) is 39.4 Å². The van der Waals surface area contributed by atoms with Crippen molar-refractivity contribution in [2.75, 3.05) is 7.11 Å². The first-order valence-electron chi connectivity index (χ1n) is 11.9. The number of aryl methyl sites for hydroxylation is 4. The van der Waals surface area contributed by atoms with Crippen LogP contribution in [0.3, 0.4) is 0 Å². The zero-order chi connectivity index (χ0) is 27.5. The van der Waals surface area contributed by atoms with Gasteiger partial charge >= 0.3 is 11.3 Å². The summed E-state index contributed by atoms with van der Waals surface area (Å²) in [5, 5.41) is 23.7. The highest BCUT2D eigenvalue weighted by Gasteiger charge is 2.33. The number of rotatable bonds is 4. The normalized spacial score (nSPS) is 11.6. The van der Waals surface area contributed by atoms with E-state index >= 15 is 0 Å². The molecule has 0 atom stereocenters. The summed E-state index contributed by atoms with van der Waals surface area (Å²) in [6.45, 7) is 7.29. The van der Waals surface area contributed by atoms with E-state index in [4.69, 9.17) is 13.6 Å². The third-order valence-electron chi connectivity index (χ3n) is 6.77. The van der Waals surface area contributed by atoms with E-state index in [0.717, 1.165) is 11.1 Å². The van der Waals surface area contributed by atoms with Crippen molar-refractivity contribution in [3.05, 3.63) is 107 Å². The van der Waals surface area contributed by atoms with Crippen LogP contribution in [0, 0.1) is 27.7 Å². The van der Waals surface area contributed by atoms with Crippen molar-refractivity contribution in [3.8, 4) is 17.2 Å². The Balaban J connectivity index is 1.94. The van der Waals surface area contributed by atoms with Gasteiger partial charge in [0, 0.05) is 0 Å². The molecule has 5 rings (SSSR count). The van der Waals surface area contributed by atoms with Crippen molar-refractivity contribution in [1.29, 1.82) is 0 Å². The van der Waals surface area contributed by atoms with E-state index in [2.05, 4.69) is 15.9 Å². The first-order chi connectivity index (χ1) is 18.0. The van der Waals surface area contributed by atoms with Gasteiger partial charge in [-0.2, -0.15) is 0 Å². The number of hydrogen-bond donors (Lipinski definition) is 2. The maximum absolute atomic E-state index is 13.5. The van der Waals surface area contributed by atoms with Crippen LogP contribution in [-0.2, 0) is 0 Å². The topological polar surface area (TPSA) is 110 Å². The van der Waals surface area contributed by atoms with Gasteiger partial charge < -0.3 is 23.8 Å². The highest BCUT2D eigenvalue weighted by molar-refractivity contribution is 9.10. The van der Waals surface area contributed by atoms with E-state index in [9.17, 15) is 19.8 Å². The van der Waals surface area contributed by atoms with Crippen molar-refractivity contribution in [3.63, 3.8) is 0 Å². The summed E-state index contributed by atoms with van der Waals surface area (Å²) in [6, 6.07) is 12.1. The third kappa shape index (κ3) is 4.05. The molecule has 2 heterocycles. The quantitative estimate of drug-likeness (QED) is 0.235. The van der Waals surface area contributed by atoms with Crippen molar-refractivity contribution in [2.24, 2.45) is 0 Å². The van der Waals surface area contributed by atoms with Gasteiger partial charge in [0.2, 0.25) is 0 Å². The number of benzene rings is 3. The molecule has 0 fully saturated rings. The highest BCUT2D eigenvalue weighted by atomic mass is 79.9. The molecule has 194 valence electrons. The summed E-state index contributed by atoms with van der Waals surface area (Å²) in [5.74, 6) is -1.37. The minimum atomic E-state index is -1.22. The largest absolute Gasteiger partial charge is 0.507 e. The van der Waals surface area contributed by atoms with Crippen molar-refractivity contribution in [2.45, 2.75) is 33.6 Å². The van der Waals surface area contributed by atoms with Crippen LogP contribution in [0.5, 0.6) is 17.2 Å². The Morgan fingerprint density at radius 2 is 1.24 bits per heavy atom. The van der Waals surface area contributed by atoms with E-state index in [1.54, 1.807) is 44.2 Å². The highest BCUT2D eigenvalue weighted by Crippen LogP contribution is 2.44. The second kappa shape index (κ2) is 9.36. The molecule has 0 bridgehead atoms. The second-order valence-electron chi connectivity index (χ2n) is 9.55. The SMILES string of the molecule is COc1ccc(C(c2c(O)c3cc(C)cc(C)c3oc2=O)c2c(O)c3cc(C)cc(C)c3oc2=O)cc1Br. The fourth-order valence-corrected chi connectivity index (χ4v) is 5.72. The summed E-state index contributed by atoms with van der Waals surface area (Å²) in [6.07, 6.45) is 0. The number of fused-ring (bicyclic) bond motifs is 2. The second-order valence-corrected chi connectivity index (χ2v) is 10.4. The molecule has 0 saturated carbocycles. The van der Waals surface area contributed by atoms with Crippen LogP contribution in [0.2, 0.25) is 0 Å². The smallest absolute Gasteiger partial charge is 0.344 e. The molecule has 0 amide bonds. The van der Waals surface area contributed by atoms with E-state index in [-0.39, 0.29) is 33.8 Å². The van der Waals surface area contributed by atoms with Crippen molar-refractivity contribution < 1.29 is 23.8 Å². The molecular formula is C30H25BrO7. The fraction of sp³-hybridized carbons (Fsp3) is 0.200. The molecule has 0 spiro atoms. The van der Waals surface area contributed by atoms with Gasteiger partial charge in [0.25, 0.3) is 0 Å². The summed E-state index contributed by atoms with van der Waals surface area (Å²) in [7, 11) is 1.51. The van der Waals surface area contributed by atoms with Crippen LogP contribution in [0.15, 0.2) is 65.4 Å². The summed E-state index contributed by atoms with van der Waals surface area (Å²) in [4.78, 5) is 27.0. The molecule has 38 heavy (non-hydrogen) atoms. The third-order valence-corrected chi connectivity index (χ3v) is 7.39. The Morgan fingerprint density at radius 3 is 1.66 bits per heavy atom. The minimum Gasteiger partial charge on any atom is -0.507 e. The molecular weight excluding hydrogens is 552 g/mol. The van der Waals surface area contributed by atoms with Crippen molar-refractivity contribution in [1.82, 2.24) is 0 Å². The number of ether oxygens (including phenoxy) is 1. The maximum atomic E-state index is 13.5. The van der Waals surface area contributed by atoms with Gasteiger partial charge in [-0.05, 0) is 95.7 Å². The lowest BCUT2D eigenvalue weighted by molar-refractivity contribution is 0.412. The van der Waals surface area contributed by atoms with Crippen LogP contribution in [0.25, 0.3) is 21.9 Å². The molecule has 0 aliphatic carbocycles. The fourth-order valence-electron chi connectivity index (χ4n) is 5.16.